The minimum atomic E-state index is -0.153. The molecular weight excluding hydrogens is 370 g/mol. The van der Waals surface area contributed by atoms with Crippen molar-refractivity contribution in [2.24, 2.45) is 13.0 Å². The monoisotopic (exact) mass is 395 g/mol. The number of carbonyl (C=O) groups is 1. The third-order valence-corrected chi connectivity index (χ3v) is 5.26. The number of aliphatic hydroxyl groups is 1. The molecular formula is C21H25N5O3. The molecule has 0 saturated carbocycles. The van der Waals surface area contributed by atoms with Gasteiger partial charge in [0.2, 0.25) is 11.8 Å². The molecule has 1 aromatic carbocycles. The molecule has 8 heteroatoms. The van der Waals surface area contributed by atoms with Crippen LogP contribution in [0, 0.1) is 5.92 Å². The molecule has 1 amide bonds. The van der Waals surface area contributed by atoms with Crippen molar-refractivity contribution < 1.29 is 14.6 Å². The zero-order chi connectivity index (χ0) is 20.4. The van der Waals surface area contributed by atoms with E-state index in [1.165, 1.54) is 0 Å². The Hall–Kier alpha value is -3.13. The van der Waals surface area contributed by atoms with Crippen LogP contribution < -0.4 is 15.4 Å². The first-order valence-electron chi connectivity index (χ1n) is 9.75. The van der Waals surface area contributed by atoms with Gasteiger partial charge in [-0.2, -0.15) is 0 Å². The van der Waals surface area contributed by atoms with Gasteiger partial charge in [0.15, 0.2) is 0 Å². The molecule has 0 bridgehead atoms. The number of imidazole rings is 1. The number of pyridine rings is 1. The molecule has 3 heterocycles. The first kappa shape index (κ1) is 19.2. The van der Waals surface area contributed by atoms with Crippen LogP contribution in [0.2, 0.25) is 0 Å². The van der Waals surface area contributed by atoms with Crippen molar-refractivity contribution in [1.29, 1.82) is 0 Å². The van der Waals surface area contributed by atoms with E-state index >= 15 is 0 Å². The number of anilines is 1. The lowest BCUT2D eigenvalue weighted by atomic mass is 10.0. The minimum Gasteiger partial charge on any atom is -0.473 e. The first-order chi connectivity index (χ1) is 14.0. The molecule has 0 radical (unpaired) electrons. The lowest BCUT2D eigenvalue weighted by Gasteiger charge is -2.20. The SMILES string of the molecule is CC(Oc1nc(-c2ccc(NCCO)cc2)cc2ncn(C)c12)C1CNC(=O)C1. The van der Waals surface area contributed by atoms with Crippen LogP contribution in [0.25, 0.3) is 22.3 Å². The summed E-state index contributed by atoms with van der Waals surface area (Å²) in [7, 11) is 1.91. The molecule has 0 aliphatic carbocycles. The normalized spacial score (nSPS) is 17.3. The molecule has 152 valence electrons. The molecule has 1 saturated heterocycles. The summed E-state index contributed by atoms with van der Waals surface area (Å²) in [5.41, 5.74) is 4.29. The Balaban J connectivity index is 1.65. The summed E-state index contributed by atoms with van der Waals surface area (Å²) < 4.78 is 8.13. The second-order valence-corrected chi connectivity index (χ2v) is 7.35. The fraction of sp³-hybridized carbons (Fsp3) is 0.381. The summed E-state index contributed by atoms with van der Waals surface area (Å²) in [6, 6.07) is 9.80. The van der Waals surface area contributed by atoms with Gasteiger partial charge in [-0.1, -0.05) is 12.1 Å². The van der Waals surface area contributed by atoms with Gasteiger partial charge in [-0.3, -0.25) is 4.79 Å². The van der Waals surface area contributed by atoms with Crippen molar-refractivity contribution in [3.8, 4) is 17.1 Å². The van der Waals surface area contributed by atoms with E-state index in [2.05, 4.69) is 15.6 Å². The zero-order valence-electron chi connectivity index (χ0n) is 16.6. The molecule has 1 fully saturated rings. The van der Waals surface area contributed by atoms with E-state index in [0.717, 1.165) is 28.0 Å². The van der Waals surface area contributed by atoms with E-state index < -0.39 is 0 Å². The highest BCUT2D eigenvalue weighted by Gasteiger charge is 2.29. The van der Waals surface area contributed by atoms with Gasteiger partial charge in [-0.25, -0.2) is 9.97 Å². The lowest BCUT2D eigenvalue weighted by molar-refractivity contribution is -0.119. The number of benzene rings is 1. The quantitative estimate of drug-likeness (QED) is 0.565. The number of fused-ring (bicyclic) bond motifs is 1. The third-order valence-electron chi connectivity index (χ3n) is 5.26. The molecule has 2 unspecified atom stereocenters. The van der Waals surface area contributed by atoms with Gasteiger partial charge in [0.1, 0.15) is 11.6 Å². The predicted octanol–water partition coefficient (Wildman–Crippen LogP) is 1.94. The number of rotatable bonds is 7. The number of nitrogens with zero attached hydrogens (tertiary/aromatic N) is 3. The summed E-state index contributed by atoms with van der Waals surface area (Å²) in [5, 5.41) is 14.9. The number of aromatic nitrogens is 3. The molecule has 29 heavy (non-hydrogen) atoms. The van der Waals surface area contributed by atoms with Crippen molar-refractivity contribution in [2.45, 2.75) is 19.4 Å². The fourth-order valence-electron chi connectivity index (χ4n) is 3.56. The van der Waals surface area contributed by atoms with Gasteiger partial charge in [0.25, 0.3) is 0 Å². The molecule has 0 spiro atoms. The third kappa shape index (κ3) is 4.02. The van der Waals surface area contributed by atoms with Gasteiger partial charge in [-0.15, -0.1) is 0 Å². The van der Waals surface area contributed by atoms with Crippen LogP contribution in [0.15, 0.2) is 36.7 Å². The van der Waals surface area contributed by atoms with Crippen LogP contribution in [0.1, 0.15) is 13.3 Å². The Morgan fingerprint density at radius 3 is 2.86 bits per heavy atom. The number of nitrogens with one attached hydrogen (secondary N) is 2. The summed E-state index contributed by atoms with van der Waals surface area (Å²) in [5.74, 6) is 0.702. The number of ether oxygens (including phenoxy) is 1. The molecule has 2 aromatic heterocycles. The summed E-state index contributed by atoms with van der Waals surface area (Å²) in [6.45, 7) is 3.19. The van der Waals surface area contributed by atoms with E-state index in [9.17, 15) is 4.79 Å². The van der Waals surface area contributed by atoms with Gasteiger partial charge in [0.05, 0.1) is 24.1 Å². The zero-order valence-corrected chi connectivity index (χ0v) is 16.6. The van der Waals surface area contributed by atoms with Gasteiger partial charge in [0, 0.05) is 43.7 Å². The van der Waals surface area contributed by atoms with Gasteiger partial charge >= 0.3 is 0 Å². The van der Waals surface area contributed by atoms with Crippen molar-refractivity contribution in [2.75, 3.05) is 25.0 Å². The molecule has 4 rings (SSSR count). The highest BCUT2D eigenvalue weighted by atomic mass is 16.5. The predicted molar refractivity (Wildman–Crippen MR) is 111 cm³/mol. The van der Waals surface area contributed by atoms with Crippen molar-refractivity contribution in [3.05, 3.63) is 36.7 Å². The largest absolute Gasteiger partial charge is 0.473 e. The Kier molecular flexibility index (Phi) is 5.35. The highest BCUT2D eigenvalue weighted by molar-refractivity contribution is 5.84. The average Bonchev–Trinajstić information content (AvgIpc) is 3.33. The molecule has 1 aliphatic heterocycles. The van der Waals surface area contributed by atoms with Crippen LogP contribution in [-0.4, -0.2) is 51.3 Å². The Labute approximate surface area is 168 Å². The summed E-state index contributed by atoms with van der Waals surface area (Å²) in [4.78, 5) is 20.8. The van der Waals surface area contributed by atoms with Crippen LogP contribution in [0.4, 0.5) is 5.69 Å². The number of aliphatic hydroxyl groups excluding tert-OH is 1. The number of hydrogen-bond donors (Lipinski definition) is 3. The Morgan fingerprint density at radius 1 is 1.38 bits per heavy atom. The second-order valence-electron chi connectivity index (χ2n) is 7.35. The van der Waals surface area contributed by atoms with Crippen molar-refractivity contribution in [1.82, 2.24) is 19.9 Å². The van der Waals surface area contributed by atoms with E-state index in [1.807, 2.05) is 48.9 Å². The van der Waals surface area contributed by atoms with Crippen LogP contribution in [0.3, 0.4) is 0 Å². The number of amides is 1. The Bertz CT molecular complexity index is 1020. The van der Waals surface area contributed by atoms with Gasteiger partial charge in [-0.05, 0) is 25.1 Å². The van der Waals surface area contributed by atoms with Crippen LogP contribution >= 0.6 is 0 Å². The lowest BCUT2D eigenvalue weighted by Crippen LogP contribution is -2.26. The highest BCUT2D eigenvalue weighted by Crippen LogP contribution is 2.31. The second kappa shape index (κ2) is 8.08. The molecule has 2 atom stereocenters. The number of aryl methyl sites for hydroxylation is 1. The van der Waals surface area contributed by atoms with Crippen molar-refractivity contribution >= 4 is 22.6 Å². The molecule has 3 aromatic rings. The molecule has 3 N–H and O–H groups in total. The fourth-order valence-corrected chi connectivity index (χ4v) is 3.56. The smallest absolute Gasteiger partial charge is 0.241 e. The topological polar surface area (TPSA) is 101 Å². The maximum Gasteiger partial charge on any atom is 0.241 e. The van der Waals surface area contributed by atoms with Crippen LogP contribution in [-0.2, 0) is 11.8 Å². The maximum absolute atomic E-state index is 11.6. The minimum absolute atomic E-state index is 0.0627. The van der Waals surface area contributed by atoms with E-state index in [4.69, 9.17) is 14.8 Å². The van der Waals surface area contributed by atoms with E-state index in [0.29, 0.717) is 25.4 Å². The van der Waals surface area contributed by atoms with Gasteiger partial charge < -0.3 is 25.0 Å². The average molecular weight is 395 g/mol. The van der Waals surface area contributed by atoms with Crippen molar-refractivity contribution in [3.63, 3.8) is 0 Å². The number of carbonyl (C=O) groups excluding carboxylic acids is 1. The van der Waals surface area contributed by atoms with Crippen LogP contribution in [0.5, 0.6) is 5.88 Å². The standard InChI is InChI=1S/C21H25N5O3/c1-13(15-9-19(28)23-11-15)29-21-20-18(24-12-26(20)2)10-17(25-21)14-3-5-16(6-4-14)22-7-8-27/h3-6,10,12-13,15,22,27H,7-9,11H2,1-2H3,(H,23,28). The summed E-state index contributed by atoms with van der Waals surface area (Å²) >= 11 is 0. The molecule has 1 aliphatic rings. The van der Waals surface area contributed by atoms with E-state index in [1.54, 1.807) is 6.33 Å². The maximum atomic E-state index is 11.6. The Morgan fingerprint density at radius 2 is 2.17 bits per heavy atom. The van der Waals surface area contributed by atoms with E-state index in [-0.39, 0.29) is 24.5 Å². The molecule has 8 nitrogen and oxygen atoms in total. The summed E-state index contributed by atoms with van der Waals surface area (Å²) in [6.07, 6.45) is 2.06. The number of hydrogen-bond acceptors (Lipinski definition) is 6. The first-order valence-corrected chi connectivity index (χ1v) is 9.75.